The van der Waals surface area contributed by atoms with Crippen molar-refractivity contribution < 1.29 is 0 Å². The van der Waals surface area contributed by atoms with Crippen LogP contribution in [0.2, 0.25) is 0 Å². The summed E-state index contributed by atoms with van der Waals surface area (Å²) >= 11 is 1.28. The molecule has 3 rings (SSSR count). The van der Waals surface area contributed by atoms with Gasteiger partial charge in [-0.1, -0.05) is 0 Å². The summed E-state index contributed by atoms with van der Waals surface area (Å²) < 4.78 is 1.69. The van der Waals surface area contributed by atoms with Crippen molar-refractivity contribution >= 4 is 17.5 Å². The summed E-state index contributed by atoms with van der Waals surface area (Å²) in [6.45, 7) is 3.87. The maximum atomic E-state index is 8.67. The van der Waals surface area contributed by atoms with E-state index in [1.54, 1.807) is 4.52 Å². The molecule has 0 aliphatic carbocycles. The van der Waals surface area contributed by atoms with E-state index in [0.717, 1.165) is 11.4 Å². The molecule has 8 heteroatoms. The van der Waals surface area contributed by atoms with Gasteiger partial charge in [0.15, 0.2) is 5.69 Å². The van der Waals surface area contributed by atoms with Crippen LogP contribution < -0.4 is 0 Å². The highest BCUT2D eigenvalue weighted by Crippen LogP contribution is 2.22. The molecule has 20 heavy (non-hydrogen) atoms. The SMILES string of the molecule is Cc1cc(C)n2nc(Sc3cnc(C#N)cn3)nc2n1. The number of fused-ring (bicyclic) bond motifs is 1. The lowest BCUT2D eigenvalue weighted by molar-refractivity contribution is 0.841. The first-order valence-corrected chi connectivity index (χ1v) is 6.58. The Morgan fingerprint density at radius 3 is 2.75 bits per heavy atom. The molecular formula is C12H9N7S. The lowest BCUT2D eigenvalue weighted by Crippen LogP contribution is -1.97. The minimum Gasteiger partial charge on any atom is -0.245 e. The Bertz CT molecular complexity index is 816. The summed E-state index contributed by atoms with van der Waals surface area (Å²) in [6, 6.07) is 3.87. The van der Waals surface area contributed by atoms with Crippen LogP contribution in [0.4, 0.5) is 0 Å². The van der Waals surface area contributed by atoms with Crippen molar-refractivity contribution in [2.24, 2.45) is 0 Å². The molecule has 0 spiro atoms. The fourth-order valence-corrected chi connectivity index (χ4v) is 2.36. The molecule has 0 N–H and O–H groups in total. The first-order valence-electron chi connectivity index (χ1n) is 5.77. The quantitative estimate of drug-likeness (QED) is 0.704. The number of aryl methyl sites for hydroxylation is 2. The number of rotatable bonds is 2. The first-order chi connectivity index (χ1) is 9.65. The molecule has 0 aliphatic rings. The molecule has 0 atom stereocenters. The summed E-state index contributed by atoms with van der Waals surface area (Å²) in [5, 5.41) is 14.2. The smallest absolute Gasteiger partial charge is 0.245 e. The lowest BCUT2D eigenvalue weighted by Gasteiger charge is -1.97. The Kier molecular flexibility index (Phi) is 3.04. The van der Waals surface area contributed by atoms with E-state index in [1.165, 1.54) is 24.2 Å². The van der Waals surface area contributed by atoms with Gasteiger partial charge in [-0.15, -0.1) is 5.10 Å². The van der Waals surface area contributed by atoms with Crippen LogP contribution >= 0.6 is 11.8 Å². The highest BCUT2D eigenvalue weighted by Gasteiger charge is 2.10. The highest BCUT2D eigenvalue weighted by molar-refractivity contribution is 7.99. The normalized spacial score (nSPS) is 10.7. The van der Waals surface area contributed by atoms with Crippen molar-refractivity contribution in [1.29, 1.82) is 5.26 Å². The van der Waals surface area contributed by atoms with E-state index in [9.17, 15) is 0 Å². The summed E-state index contributed by atoms with van der Waals surface area (Å²) in [6.07, 6.45) is 2.95. The van der Waals surface area contributed by atoms with Gasteiger partial charge in [-0.3, -0.25) is 0 Å². The van der Waals surface area contributed by atoms with E-state index in [2.05, 4.69) is 25.0 Å². The molecule has 3 aromatic rings. The van der Waals surface area contributed by atoms with E-state index in [1.807, 2.05) is 26.0 Å². The molecule has 0 fully saturated rings. The number of aromatic nitrogens is 6. The predicted octanol–water partition coefficient (Wildman–Crippen LogP) is 1.55. The van der Waals surface area contributed by atoms with Gasteiger partial charge in [0.2, 0.25) is 5.16 Å². The van der Waals surface area contributed by atoms with Crippen LogP contribution in [-0.4, -0.2) is 29.5 Å². The molecule has 3 aromatic heterocycles. The van der Waals surface area contributed by atoms with Crippen LogP contribution in [0.5, 0.6) is 0 Å². The lowest BCUT2D eigenvalue weighted by atomic mass is 10.4. The van der Waals surface area contributed by atoms with Crippen LogP contribution in [0.25, 0.3) is 5.78 Å². The summed E-state index contributed by atoms with van der Waals surface area (Å²) in [7, 11) is 0. The van der Waals surface area contributed by atoms with Gasteiger partial charge >= 0.3 is 0 Å². The van der Waals surface area contributed by atoms with Crippen LogP contribution in [0.3, 0.4) is 0 Å². The van der Waals surface area contributed by atoms with Crippen molar-refractivity contribution in [3.05, 3.63) is 35.5 Å². The molecule has 0 aliphatic heterocycles. The van der Waals surface area contributed by atoms with E-state index in [4.69, 9.17) is 5.26 Å². The number of hydrogen-bond acceptors (Lipinski definition) is 7. The van der Waals surface area contributed by atoms with Gasteiger partial charge in [0, 0.05) is 11.4 Å². The molecule has 0 amide bonds. The number of nitriles is 1. The second-order valence-electron chi connectivity index (χ2n) is 4.10. The van der Waals surface area contributed by atoms with Crippen LogP contribution in [0.1, 0.15) is 17.1 Å². The van der Waals surface area contributed by atoms with E-state index < -0.39 is 0 Å². The molecule has 0 saturated carbocycles. The molecule has 0 saturated heterocycles. The Balaban J connectivity index is 1.94. The van der Waals surface area contributed by atoms with E-state index >= 15 is 0 Å². The largest absolute Gasteiger partial charge is 0.253 e. The van der Waals surface area contributed by atoms with E-state index in [0.29, 0.717) is 16.0 Å². The molecule has 7 nitrogen and oxygen atoms in total. The maximum absolute atomic E-state index is 8.67. The predicted molar refractivity (Wildman–Crippen MR) is 71.1 cm³/mol. The van der Waals surface area contributed by atoms with Crippen molar-refractivity contribution in [1.82, 2.24) is 29.5 Å². The molecular weight excluding hydrogens is 274 g/mol. The number of nitrogens with zero attached hydrogens (tertiary/aromatic N) is 7. The highest BCUT2D eigenvalue weighted by atomic mass is 32.2. The molecule has 0 bridgehead atoms. The van der Waals surface area contributed by atoms with Gasteiger partial charge in [-0.25, -0.2) is 19.5 Å². The zero-order chi connectivity index (χ0) is 14.1. The van der Waals surface area contributed by atoms with Gasteiger partial charge in [0.1, 0.15) is 11.1 Å². The van der Waals surface area contributed by atoms with Gasteiger partial charge in [0.05, 0.1) is 12.4 Å². The Morgan fingerprint density at radius 1 is 1.20 bits per heavy atom. The van der Waals surface area contributed by atoms with Crippen LogP contribution in [0.15, 0.2) is 28.6 Å². The van der Waals surface area contributed by atoms with Crippen molar-refractivity contribution in [3.8, 4) is 6.07 Å². The Hall–Kier alpha value is -2.53. The monoisotopic (exact) mass is 283 g/mol. The fourth-order valence-electron chi connectivity index (χ4n) is 1.71. The van der Waals surface area contributed by atoms with Gasteiger partial charge in [0.25, 0.3) is 5.78 Å². The Morgan fingerprint density at radius 2 is 2.05 bits per heavy atom. The molecule has 98 valence electrons. The van der Waals surface area contributed by atoms with Gasteiger partial charge in [-0.05, 0) is 31.7 Å². The molecule has 0 unspecified atom stereocenters. The third-order valence-electron chi connectivity index (χ3n) is 2.54. The summed E-state index contributed by atoms with van der Waals surface area (Å²) in [5.74, 6) is 0.562. The average molecular weight is 283 g/mol. The maximum Gasteiger partial charge on any atom is 0.253 e. The van der Waals surface area contributed by atoms with Crippen molar-refractivity contribution in [2.75, 3.05) is 0 Å². The van der Waals surface area contributed by atoms with Crippen LogP contribution in [0, 0.1) is 25.2 Å². The summed E-state index contributed by atoms with van der Waals surface area (Å²) in [5.41, 5.74) is 2.15. The summed E-state index contributed by atoms with van der Waals surface area (Å²) in [4.78, 5) is 16.7. The zero-order valence-corrected chi connectivity index (χ0v) is 11.6. The third kappa shape index (κ3) is 2.31. The first kappa shape index (κ1) is 12.5. The van der Waals surface area contributed by atoms with Gasteiger partial charge < -0.3 is 0 Å². The standard InChI is InChI=1S/C12H9N7S/c1-7-3-8(2)19-11(16-7)17-12(18-19)20-10-6-14-9(4-13)5-15-10/h3,5-6H,1-2H3. The molecule has 3 heterocycles. The van der Waals surface area contributed by atoms with E-state index in [-0.39, 0.29) is 5.69 Å². The van der Waals surface area contributed by atoms with Gasteiger partial charge in [-0.2, -0.15) is 10.2 Å². The number of hydrogen-bond donors (Lipinski definition) is 0. The minimum atomic E-state index is 0.283. The minimum absolute atomic E-state index is 0.283. The third-order valence-corrected chi connectivity index (χ3v) is 3.31. The fraction of sp³-hybridized carbons (Fsp3) is 0.167. The molecule has 0 aromatic carbocycles. The molecule has 0 radical (unpaired) electrons. The Labute approximate surface area is 118 Å². The average Bonchev–Trinajstić information content (AvgIpc) is 2.82. The van der Waals surface area contributed by atoms with Crippen molar-refractivity contribution in [2.45, 2.75) is 24.0 Å². The zero-order valence-electron chi connectivity index (χ0n) is 10.8. The topological polar surface area (TPSA) is 92.7 Å². The second kappa shape index (κ2) is 4.86. The van der Waals surface area contributed by atoms with Crippen LogP contribution in [-0.2, 0) is 0 Å². The van der Waals surface area contributed by atoms with Crippen molar-refractivity contribution in [3.63, 3.8) is 0 Å². The second-order valence-corrected chi connectivity index (χ2v) is 5.09.